The number of hydrogen-bond acceptors (Lipinski definition) is 4. The van der Waals surface area contributed by atoms with E-state index in [2.05, 4.69) is 29.4 Å². The molecular formula is C21H21Cl2N3S. The van der Waals surface area contributed by atoms with E-state index in [0.717, 1.165) is 49.8 Å². The Bertz CT molecular complexity index is 950. The van der Waals surface area contributed by atoms with E-state index in [-0.39, 0.29) is 0 Å². The molecule has 2 aromatic carbocycles. The van der Waals surface area contributed by atoms with Crippen LogP contribution in [0, 0.1) is 27.7 Å². The summed E-state index contributed by atoms with van der Waals surface area (Å²) in [7, 11) is 0. The molecular weight excluding hydrogens is 397 g/mol. The van der Waals surface area contributed by atoms with Crippen LogP contribution in [0.3, 0.4) is 0 Å². The van der Waals surface area contributed by atoms with Crippen molar-refractivity contribution < 1.29 is 0 Å². The highest BCUT2D eigenvalue weighted by Gasteiger charge is 2.17. The molecule has 6 heteroatoms. The number of halogens is 2. The maximum atomic E-state index is 6.16. The molecule has 0 radical (unpaired) electrons. The number of alkyl halides is 2. The Kier molecular flexibility index (Phi) is 6.20. The zero-order chi connectivity index (χ0) is 19.6. The average Bonchev–Trinajstić information content (AvgIpc) is 3.12. The number of nitrogens with zero attached hydrogens (tertiary/aromatic N) is 2. The summed E-state index contributed by atoms with van der Waals surface area (Å²) in [6.45, 7) is 8.23. The lowest BCUT2D eigenvalue weighted by atomic mass is 9.90. The monoisotopic (exact) mass is 417 g/mol. The van der Waals surface area contributed by atoms with Crippen molar-refractivity contribution in [2.24, 2.45) is 5.10 Å². The highest BCUT2D eigenvalue weighted by Crippen LogP contribution is 2.35. The SMILES string of the molecule is Cc1c(C)c(C(Cl)Cl)c(C)c(C)c1C=NNc1nc(-c2ccccc2)cs1. The minimum absolute atomic E-state index is 0.529. The lowest BCUT2D eigenvalue weighted by molar-refractivity contribution is 1.13. The zero-order valence-corrected chi connectivity index (χ0v) is 18.0. The number of benzene rings is 2. The predicted molar refractivity (Wildman–Crippen MR) is 119 cm³/mol. The summed E-state index contributed by atoms with van der Waals surface area (Å²) in [5, 5.41) is 7.18. The van der Waals surface area contributed by atoms with Crippen LogP contribution in [0.5, 0.6) is 0 Å². The van der Waals surface area contributed by atoms with Gasteiger partial charge >= 0.3 is 0 Å². The molecule has 1 N–H and O–H groups in total. The summed E-state index contributed by atoms with van der Waals surface area (Å²) in [6.07, 6.45) is 1.84. The number of aromatic nitrogens is 1. The van der Waals surface area contributed by atoms with Crippen LogP contribution in [0.1, 0.15) is 38.2 Å². The molecule has 3 nitrogen and oxygen atoms in total. The molecule has 3 rings (SSSR count). The van der Waals surface area contributed by atoms with E-state index >= 15 is 0 Å². The molecule has 0 unspecified atom stereocenters. The molecule has 0 saturated carbocycles. The third-order valence-electron chi connectivity index (χ3n) is 4.89. The Morgan fingerprint density at radius 1 is 1.00 bits per heavy atom. The molecule has 0 amide bonds. The summed E-state index contributed by atoms with van der Waals surface area (Å²) >= 11 is 13.8. The topological polar surface area (TPSA) is 37.3 Å². The van der Waals surface area contributed by atoms with Crippen LogP contribution in [0.4, 0.5) is 5.13 Å². The van der Waals surface area contributed by atoms with Gasteiger partial charge in [-0.1, -0.05) is 30.3 Å². The largest absolute Gasteiger partial charge is 0.253 e. The first-order valence-electron chi connectivity index (χ1n) is 8.58. The molecule has 1 aromatic heterocycles. The molecule has 0 fully saturated rings. The van der Waals surface area contributed by atoms with E-state index in [4.69, 9.17) is 23.2 Å². The first-order valence-corrected chi connectivity index (χ1v) is 10.3. The number of hydrazone groups is 1. The second-order valence-corrected chi connectivity index (χ2v) is 8.36. The van der Waals surface area contributed by atoms with Crippen molar-refractivity contribution in [1.82, 2.24) is 4.98 Å². The molecule has 1 heterocycles. The van der Waals surface area contributed by atoms with Gasteiger partial charge in [-0.2, -0.15) is 5.10 Å². The van der Waals surface area contributed by atoms with Crippen molar-refractivity contribution in [3.8, 4) is 11.3 Å². The number of rotatable bonds is 5. The van der Waals surface area contributed by atoms with Gasteiger partial charge in [-0.25, -0.2) is 4.98 Å². The van der Waals surface area contributed by atoms with Crippen LogP contribution in [0.2, 0.25) is 0 Å². The summed E-state index contributed by atoms with van der Waals surface area (Å²) in [6, 6.07) is 10.1. The van der Waals surface area contributed by atoms with Gasteiger partial charge in [-0.15, -0.1) is 34.5 Å². The summed E-state index contributed by atoms with van der Waals surface area (Å²) in [5.74, 6) is 0. The maximum Gasteiger partial charge on any atom is 0.203 e. The van der Waals surface area contributed by atoms with E-state index in [0.29, 0.717) is 0 Å². The summed E-state index contributed by atoms with van der Waals surface area (Å²) in [4.78, 5) is 4.06. The molecule has 140 valence electrons. The van der Waals surface area contributed by atoms with E-state index in [1.54, 1.807) is 0 Å². The Labute approximate surface area is 174 Å². The Hall–Kier alpha value is -1.88. The van der Waals surface area contributed by atoms with E-state index < -0.39 is 4.84 Å². The summed E-state index contributed by atoms with van der Waals surface area (Å²) in [5.41, 5.74) is 11.6. The summed E-state index contributed by atoms with van der Waals surface area (Å²) < 4.78 is 0. The quantitative estimate of drug-likeness (QED) is 0.276. The van der Waals surface area contributed by atoms with Crippen LogP contribution in [-0.2, 0) is 0 Å². The number of nitrogens with one attached hydrogen (secondary N) is 1. The van der Waals surface area contributed by atoms with Crippen LogP contribution >= 0.6 is 34.5 Å². The van der Waals surface area contributed by atoms with Crippen LogP contribution < -0.4 is 5.43 Å². The van der Waals surface area contributed by atoms with Gasteiger partial charge in [0.2, 0.25) is 5.13 Å². The van der Waals surface area contributed by atoms with Crippen molar-refractivity contribution >= 4 is 45.9 Å². The van der Waals surface area contributed by atoms with Crippen molar-refractivity contribution in [2.45, 2.75) is 32.5 Å². The minimum Gasteiger partial charge on any atom is -0.253 e. The van der Waals surface area contributed by atoms with Gasteiger partial charge < -0.3 is 0 Å². The molecule has 27 heavy (non-hydrogen) atoms. The second-order valence-electron chi connectivity index (χ2n) is 6.40. The van der Waals surface area contributed by atoms with Crippen molar-refractivity contribution in [1.29, 1.82) is 0 Å². The molecule has 0 spiro atoms. The first kappa shape index (κ1) is 19.9. The molecule has 0 bridgehead atoms. The zero-order valence-electron chi connectivity index (χ0n) is 15.7. The Morgan fingerprint density at radius 2 is 1.63 bits per heavy atom. The predicted octanol–water partition coefficient (Wildman–Crippen LogP) is 6.97. The Morgan fingerprint density at radius 3 is 2.22 bits per heavy atom. The van der Waals surface area contributed by atoms with Gasteiger partial charge in [0.15, 0.2) is 0 Å². The average molecular weight is 418 g/mol. The smallest absolute Gasteiger partial charge is 0.203 e. The molecule has 3 aromatic rings. The van der Waals surface area contributed by atoms with Crippen molar-refractivity contribution in [2.75, 3.05) is 5.43 Å². The van der Waals surface area contributed by atoms with E-state index in [1.807, 2.05) is 55.8 Å². The van der Waals surface area contributed by atoms with Gasteiger partial charge in [0.25, 0.3) is 0 Å². The third-order valence-corrected chi connectivity index (χ3v) is 6.07. The fourth-order valence-corrected chi connectivity index (χ4v) is 4.43. The van der Waals surface area contributed by atoms with E-state index in [9.17, 15) is 0 Å². The third kappa shape index (κ3) is 4.18. The molecule has 0 saturated heterocycles. The number of anilines is 1. The van der Waals surface area contributed by atoms with Gasteiger partial charge in [0.05, 0.1) is 11.9 Å². The lowest BCUT2D eigenvalue weighted by Crippen LogP contribution is -2.05. The molecule has 0 aliphatic heterocycles. The van der Waals surface area contributed by atoms with Crippen LogP contribution in [-0.4, -0.2) is 11.2 Å². The standard InChI is InChI=1S/C21H21Cl2N3S/c1-12-14(3)19(20(22)23)15(4)13(2)17(12)10-24-26-21-25-18(11-27-21)16-8-6-5-7-9-16/h5-11,20H,1-4H3,(H,25,26). The van der Waals surface area contributed by atoms with Gasteiger partial charge in [-0.05, 0) is 55.5 Å². The van der Waals surface area contributed by atoms with Gasteiger partial charge in [-0.3, -0.25) is 5.43 Å². The highest BCUT2D eigenvalue weighted by molar-refractivity contribution is 7.14. The second kappa shape index (κ2) is 8.42. The normalized spacial score (nSPS) is 11.5. The van der Waals surface area contributed by atoms with Crippen molar-refractivity contribution in [3.63, 3.8) is 0 Å². The fourth-order valence-electron chi connectivity index (χ4n) is 3.11. The minimum atomic E-state index is -0.529. The number of thiazole rings is 1. The molecule has 0 atom stereocenters. The fraction of sp³-hybridized carbons (Fsp3) is 0.238. The van der Waals surface area contributed by atoms with Crippen LogP contribution in [0.25, 0.3) is 11.3 Å². The van der Waals surface area contributed by atoms with Gasteiger partial charge in [0, 0.05) is 16.5 Å². The maximum absolute atomic E-state index is 6.16. The Balaban J connectivity index is 1.82. The molecule has 0 aliphatic rings. The lowest BCUT2D eigenvalue weighted by Gasteiger charge is -2.19. The highest BCUT2D eigenvalue weighted by atomic mass is 35.5. The number of hydrogen-bond donors (Lipinski definition) is 1. The molecule has 0 aliphatic carbocycles. The first-order chi connectivity index (χ1) is 12.9. The van der Waals surface area contributed by atoms with Crippen molar-refractivity contribution in [3.05, 3.63) is 69.1 Å². The van der Waals surface area contributed by atoms with Gasteiger partial charge in [0.1, 0.15) is 4.84 Å². The van der Waals surface area contributed by atoms with Crippen LogP contribution in [0.15, 0.2) is 40.8 Å². The van der Waals surface area contributed by atoms with E-state index in [1.165, 1.54) is 11.3 Å².